The summed E-state index contributed by atoms with van der Waals surface area (Å²) in [4.78, 5) is 13.9. The van der Waals surface area contributed by atoms with Crippen molar-refractivity contribution in [3.05, 3.63) is 17.8 Å². The van der Waals surface area contributed by atoms with Crippen molar-refractivity contribution >= 4 is 17.2 Å². The molecule has 5 nitrogen and oxygen atoms in total. The van der Waals surface area contributed by atoms with Gasteiger partial charge in [-0.15, -0.1) is 0 Å². The van der Waals surface area contributed by atoms with Gasteiger partial charge < -0.3 is 19.2 Å². The number of methoxy groups -OCH3 is 3. The lowest BCUT2D eigenvalue weighted by Crippen LogP contribution is -1.95. The van der Waals surface area contributed by atoms with Gasteiger partial charge in [0.1, 0.15) is 0 Å². The zero-order chi connectivity index (χ0) is 12.4. The molecule has 0 radical (unpaired) electrons. The highest BCUT2D eigenvalue weighted by Crippen LogP contribution is 2.43. The summed E-state index contributed by atoms with van der Waals surface area (Å²) in [6.45, 7) is 0. The number of H-pyrrole nitrogens is 1. The highest BCUT2D eigenvalue weighted by molar-refractivity contribution is 6.01. The Labute approximate surface area is 98.3 Å². The first-order valence-corrected chi connectivity index (χ1v) is 5.02. The summed E-state index contributed by atoms with van der Waals surface area (Å²) in [6, 6.07) is 1.75. The van der Waals surface area contributed by atoms with Crippen LogP contribution < -0.4 is 14.2 Å². The van der Waals surface area contributed by atoms with Gasteiger partial charge in [-0.25, -0.2) is 0 Å². The Morgan fingerprint density at radius 2 is 1.82 bits per heavy atom. The lowest BCUT2D eigenvalue weighted by atomic mass is 10.1. The van der Waals surface area contributed by atoms with Crippen LogP contribution in [0.3, 0.4) is 0 Å². The van der Waals surface area contributed by atoms with Crippen molar-refractivity contribution in [2.75, 3.05) is 21.3 Å². The highest BCUT2D eigenvalue weighted by Gasteiger charge is 2.18. The zero-order valence-corrected chi connectivity index (χ0v) is 9.87. The Hall–Kier alpha value is -2.17. The molecule has 1 aromatic carbocycles. The molecule has 0 saturated carbocycles. The van der Waals surface area contributed by atoms with Crippen molar-refractivity contribution in [1.82, 2.24) is 4.98 Å². The summed E-state index contributed by atoms with van der Waals surface area (Å²) in [5, 5.41) is 0.745. The molecule has 2 aromatic rings. The maximum atomic E-state index is 10.9. The van der Waals surface area contributed by atoms with Crippen molar-refractivity contribution < 1.29 is 19.0 Å². The van der Waals surface area contributed by atoms with Crippen molar-refractivity contribution in [2.45, 2.75) is 0 Å². The molecule has 0 bridgehead atoms. The Kier molecular flexibility index (Phi) is 2.91. The smallest absolute Gasteiger partial charge is 0.205 e. The molecule has 0 fully saturated rings. The number of rotatable bonds is 4. The largest absolute Gasteiger partial charge is 0.493 e. The van der Waals surface area contributed by atoms with Crippen LogP contribution >= 0.6 is 0 Å². The fourth-order valence-corrected chi connectivity index (χ4v) is 1.85. The first kappa shape index (κ1) is 11.3. The monoisotopic (exact) mass is 235 g/mol. The van der Waals surface area contributed by atoms with Crippen LogP contribution in [0.1, 0.15) is 10.4 Å². The van der Waals surface area contributed by atoms with Crippen LogP contribution in [0.2, 0.25) is 0 Å². The summed E-state index contributed by atoms with van der Waals surface area (Å²) in [5.74, 6) is 1.55. The Bertz CT molecular complexity index is 559. The lowest BCUT2D eigenvalue weighted by molar-refractivity contribution is 0.112. The molecule has 2 rings (SSSR count). The van der Waals surface area contributed by atoms with Gasteiger partial charge in [0.2, 0.25) is 5.75 Å². The fourth-order valence-electron chi connectivity index (χ4n) is 1.85. The molecule has 1 heterocycles. The van der Waals surface area contributed by atoms with E-state index in [1.54, 1.807) is 12.3 Å². The van der Waals surface area contributed by atoms with Gasteiger partial charge in [-0.05, 0) is 6.07 Å². The van der Waals surface area contributed by atoms with Gasteiger partial charge in [0.05, 0.1) is 26.8 Å². The number of aromatic amines is 1. The maximum absolute atomic E-state index is 10.9. The number of benzene rings is 1. The van der Waals surface area contributed by atoms with Crippen LogP contribution in [0.5, 0.6) is 17.2 Å². The van der Waals surface area contributed by atoms with Gasteiger partial charge in [0.15, 0.2) is 17.8 Å². The van der Waals surface area contributed by atoms with Crippen LogP contribution in [0.4, 0.5) is 0 Å². The minimum atomic E-state index is 0.502. The second kappa shape index (κ2) is 4.37. The van der Waals surface area contributed by atoms with Crippen molar-refractivity contribution in [1.29, 1.82) is 0 Å². The normalized spacial score (nSPS) is 10.3. The summed E-state index contributed by atoms with van der Waals surface area (Å²) in [7, 11) is 4.62. The number of hydrogen-bond acceptors (Lipinski definition) is 4. The molecular weight excluding hydrogens is 222 g/mol. The number of fused-ring (bicyclic) bond motifs is 1. The third-order valence-corrected chi connectivity index (χ3v) is 2.64. The second-order valence-corrected chi connectivity index (χ2v) is 3.43. The molecule has 0 aliphatic carbocycles. The Balaban J connectivity index is 2.85. The number of ether oxygens (including phenoxy) is 3. The minimum absolute atomic E-state index is 0.502. The number of carbonyl (C=O) groups excluding carboxylic acids is 1. The molecule has 17 heavy (non-hydrogen) atoms. The molecular formula is C12H13NO4. The van der Waals surface area contributed by atoms with Crippen LogP contribution in [-0.2, 0) is 0 Å². The van der Waals surface area contributed by atoms with Crippen LogP contribution in [0.15, 0.2) is 12.3 Å². The average Bonchev–Trinajstić information content (AvgIpc) is 2.78. The molecule has 0 atom stereocenters. The van der Waals surface area contributed by atoms with Crippen molar-refractivity contribution in [2.24, 2.45) is 0 Å². The van der Waals surface area contributed by atoms with E-state index in [0.29, 0.717) is 28.3 Å². The SMILES string of the molecule is COc1cc2c(C=O)c[nH]c2c(OC)c1OC. The molecule has 90 valence electrons. The first-order chi connectivity index (χ1) is 8.26. The van der Waals surface area contributed by atoms with E-state index >= 15 is 0 Å². The second-order valence-electron chi connectivity index (χ2n) is 3.43. The van der Waals surface area contributed by atoms with Crippen LogP contribution in [0, 0.1) is 0 Å². The van der Waals surface area contributed by atoms with Gasteiger partial charge in [-0.2, -0.15) is 0 Å². The third kappa shape index (κ3) is 1.60. The fraction of sp³-hybridized carbons (Fsp3) is 0.250. The third-order valence-electron chi connectivity index (χ3n) is 2.64. The lowest BCUT2D eigenvalue weighted by Gasteiger charge is -2.12. The van der Waals surface area contributed by atoms with Gasteiger partial charge in [0, 0.05) is 17.1 Å². The van der Waals surface area contributed by atoms with E-state index in [1.165, 1.54) is 21.3 Å². The predicted molar refractivity (Wildman–Crippen MR) is 63.3 cm³/mol. The predicted octanol–water partition coefficient (Wildman–Crippen LogP) is 2.01. The van der Waals surface area contributed by atoms with E-state index in [9.17, 15) is 4.79 Å². The topological polar surface area (TPSA) is 60.6 Å². The van der Waals surface area contributed by atoms with E-state index in [4.69, 9.17) is 14.2 Å². The van der Waals surface area contributed by atoms with Gasteiger partial charge in [-0.1, -0.05) is 0 Å². The van der Waals surface area contributed by atoms with Gasteiger partial charge >= 0.3 is 0 Å². The molecule has 1 N–H and O–H groups in total. The molecule has 0 amide bonds. The average molecular weight is 235 g/mol. The first-order valence-electron chi connectivity index (χ1n) is 5.02. The van der Waals surface area contributed by atoms with Gasteiger partial charge in [0.25, 0.3) is 0 Å². The van der Waals surface area contributed by atoms with E-state index < -0.39 is 0 Å². The number of nitrogens with one attached hydrogen (secondary N) is 1. The van der Waals surface area contributed by atoms with E-state index in [0.717, 1.165) is 11.7 Å². The van der Waals surface area contributed by atoms with E-state index in [2.05, 4.69) is 4.98 Å². The summed E-state index contributed by atoms with van der Waals surface area (Å²) < 4.78 is 15.8. The highest BCUT2D eigenvalue weighted by atomic mass is 16.5. The van der Waals surface area contributed by atoms with Crippen LogP contribution in [0.25, 0.3) is 10.9 Å². The maximum Gasteiger partial charge on any atom is 0.205 e. The minimum Gasteiger partial charge on any atom is -0.493 e. The molecule has 1 aromatic heterocycles. The Morgan fingerprint density at radius 3 is 2.35 bits per heavy atom. The number of hydrogen-bond donors (Lipinski definition) is 1. The van der Waals surface area contributed by atoms with Gasteiger partial charge in [-0.3, -0.25) is 4.79 Å². The van der Waals surface area contributed by atoms with Crippen molar-refractivity contribution in [3.8, 4) is 17.2 Å². The molecule has 0 aliphatic heterocycles. The summed E-state index contributed by atoms with van der Waals surface area (Å²) >= 11 is 0. The zero-order valence-electron chi connectivity index (χ0n) is 9.87. The summed E-state index contributed by atoms with van der Waals surface area (Å²) in [6.07, 6.45) is 2.41. The molecule has 0 saturated heterocycles. The molecule has 0 spiro atoms. The molecule has 5 heteroatoms. The number of aromatic nitrogens is 1. The summed E-state index contributed by atoms with van der Waals surface area (Å²) in [5.41, 5.74) is 1.27. The van der Waals surface area contributed by atoms with Crippen LogP contribution in [-0.4, -0.2) is 32.6 Å². The quantitative estimate of drug-likeness (QED) is 0.823. The number of aldehydes is 1. The number of carbonyl (C=O) groups is 1. The molecule has 0 aliphatic rings. The van der Waals surface area contributed by atoms with Crippen molar-refractivity contribution in [3.63, 3.8) is 0 Å². The van der Waals surface area contributed by atoms with E-state index in [1.807, 2.05) is 0 Å². The van der Waals surface area contributed by atoms with E-state index in [-0.39, 0.29) is 0 Å². The Morgan fingerprint density at radius 1 is 1.12 bits per heavy atom. The molecule has 0 unspecified atom stereocenters. The standard InChI is InChI=1S/C12H13NO4/c1-15-9-4-8-7(6-14)5-13-10(8)12(17-3)11(9)16-2/h4-6,13H,1-3H3.